The molecule has 2 aliphatic heterocycles. The number of carbonyl (C=O) groups excluding carboxylic acids is 1. The second kappa shape index (κ2) is 7.49. The molecule has 21 heavy (non-hydrogen) atoms. The third kappa shape index (κ3) is 3.84. The first-order valence-corrected chi connectivity index (χ1v) is 10.5. The van der Waals surface area contributed by atoms with E-state index in [-0.39, 0.29) is 5.91 Å². The first-order chi connectivity index (χ1) is 10.3. The first-order valence-electron chi connectivity index (χ1n) is 7.44. The van der Waals surface area contributed by atoms with Gasteiger partial charge in [0.05, 0.1) is 17.6 Å². The molecule has 1 amide bonds. The van der Waals surface area contributed by atoms with Gasteiger partial charge < -0.3 is 9.64 Å². The number of rotatable bonds is 4. The molecule has 1 fully saturated rings. The zero-order valence-corrected chi connectivity index (χ0v) is 15.2. The number of nitrogens with zero attached hydrogens (tertiary/aromatic N) is 1. The van der Waals surface area contributed by atoms with Crippen LogP contribution in [0.1, 0.15) is 33.0 Å². The highest BCUT2D eigenvalue weighted by molar-refractivity contribution is 9.09. The van der Waals surface area contributed by atoms with Gasteiger partial charge in [-0.05, 0) is 36.6 Å². The van der Waals surface area contributed by atoms with Crippen LogP contribution in [0.25, 0.3) is 0 Å². The summed E-state index contributed by atoms with van der Waals surface area (Å²) in [6.07, 6.45) is 3.36. The van der Waals surface area contributed by atoms with Crippen LogP contribution < -0.4 is 0 Å². The largest absolute Gasteiger partial charge is 0.377 e. The highest BCUT2D eigenvalue weighted by Gasteiger charge is 2.26. The molecule has 0 aliphatic carbocycles. The van der Waals surface area contributed by atoms with Crippen LogP contribution in [0.15, 0.2) is 6.07 Å². The Hall–Kier alpha value is -0.0400. The van der Waals surface area contributed by atoms with Gasteiger partial charge in [0.1, 0.15) is 0 Å². The maximum atomic E-state index is 12.6. The summed E-state index contributed by atoms with van der Waals surface area (Å²) >= 11 is 7.06. The van der Waals surface area contributed by atoms with E-state index in [1.165, 1.54) is 16.2 Å². The van der Waals surface area contributed by atoms with Gasteiger partial charge in [-0.2, -0.15) is 11.8 Å². The van der Waals surface area contributed by atoms with Crippen molar-refractivity contribution in [1.29, 1.82) is 0 Å². The van der Waals surface area contributed by atoms with Gasteiger partial charge in [-0.25, -0.2) is 0 Å². The van der Waals surface area contributed by atoms with E-state index in [2.05, 4.69) is 22.0 Å². The van der Waals surface area contributed by atoms with Gasteiger partial charge in [0, 0.05) is 29.0 Å². The number of piperidine rings is 1. The molecule has 0 spiro atoms. The van der Waals surface area contributed by atoms with Gasteiger partial charge in [-0.15, -0.1) is 11.3 Å². The number of hydrogen-bond acceptors (Lipinski definition) is 4. The number of thioether (sulfide) groups is 1. The third-order valence-electron chi connectivity index (χ3n) is 4.00. The number of thiophene rings is 1. The summed E-state index contributed by atoms with van der Waals surface area (Å²) in [6, 6.07) is 2.13. The second-order valence-electron chi connectivity index (χ2n) is 5.41. The molecule has 1 aromatic heterocycles. The number of aryl methyl sites for hydroxylation is 1. The normalized spacial score (nSPS) is 19.6. The van der Waals surface area contributed by atoms with E-state index in [1.807, 2.05) is 16.7 Å². The molecule has 0 aromatic carbocycles. The van der Waals surface area contributed by atoms with Crippen molar-refractivity contribution in [2.24, 2.45) is 0 Å². The van der Waals surface area contributed by atoms with Crippen molar-refractivity contribution in [2.45, 2.75) is 31.1 Å². The summed E-state index contributed by atoms with van der Waals surface area (Å²) < 4.78 is 5.75. The van der Waals surface area contributed by atoms with Crippen molar-refractivity contribution in [3.63, 3.8) is 0 Å². The van der Waals surface area contributed by atoms with Gasteiger partial charge in [-0.1, -0.05) is 15.9 Å². The Morgan fingerprint density at radius 1 is 1.43 bits per heavy atom. The van der Waals surface area contributed by atoms with E-state index in [0.717, 1.165) is 54.9 Å². The number of hydrogen-bond donors (Lipinski definition) is 0. The van der Waals surface area contributed by atoms with Gasteiger partial charge >= 0.3 is 0 Å². The predicted molar refractivity (Wildman–Crippen MR) is 92.9 cm³/mol. The first kappa shape index (κ1) is 15.8. The number of halogens is 1. The van der Waals surface area contributed by atoms with Crippen molar-refractivity contribution < 1.29 is 9.53 Å². The molecule has 0 N–H and O–H groups in total. The molecule has 3 nitrogen and oxygen atoms in total. The monoisotopic (exact) mass is 389 g/mol. The summed E-state index contributed by atoms with van der Waals surface area (Å²) in [7, 11) is 0. The summed E-state index contributed by atoms with van der Waals surface area (Å²) in [5.74, 6) is 2.48. The maximum Gasteiger partial charge on any atom is 0.263 e. The van der Waals surface area contributed by atoms with Crippen molar-refractivity contribution >= 4 is 44.9 Å². The SMILES string of the molecule is O=C(c1cc2c(s1)CCSC2)N1CCC(OCCBr)CC1. The lowest BCUT2D eigenvalue weighted by Gasteiger charge is -2.31. The lowest BCUT2D eigenvalue weighted by molar-refractivity contribution is 0.0161. The lowest BCUT2D eigenvalue weighted by atomic mass is 10.1. The van der Waals surface area contributed by atoms with Gasteiger partial charge in [0.25, 0.3) is 5.91 Å². The minimum Gasteiger partial charge on any atom is -0.377 e. The molecule has 1 saturated heterocycles. The summed E-state index contributed by atoms with van der Waals surface area (Å²) in [5, 5.41) is 0.880. The molecule has 0 saturated carbocycles. The molecular weight excluding hydrogens is 370 g/mol. The Morgan fingerprint density at radius 2 is 2.24 bits per heavy atom. The Bertz CT molecular complexity index is 474. The Morgan fingerprint density at radius 3 is 2.95 bits per heavy atom. The van der Waals surface area contributed by atoms with Crippen molar-refractivity contribution in [3.8, 4) is 0 Å². The highest BCUT2D eigenvalue weighted by atomic mass is 79.9. The van der Waals surface area contributed by atoms with Crippen LogP contribution in [0.3, 0.4) is 0 Å². The van der Waals surface area contributed by atoms with Crippen molar-refractivity contribution in [3.05, 3.63) is 21.4 Å². The fourth-order valence-electron chi connectivity index (χ4n) is 2.85. The number of carbonyl (C=O) groups is 1. The molecule has 0 radical (unpaired) electrons. The Balaban J connectivity index is 1.57. The Kier molecular flexibility index (Phi) is 5.65. The zero-order valence-electron chi connectivity index (χ0n) is 12.0. The number of fused-ring (bicyclic) bond motifs is 1. The molecule has 6 heteroatoms. The lowest BCUT2D eigenvalue weighted by Crippen LogP contribution is -2.40. The molecule has 3 heterocycles. The van der Waals surface area contributed by atoms with Crippen molar-refractivity contribution in [1.82, 2.24) is 4.90 Å². The molecule has 0 bridgehead atoms. The van der Waals surface area contributed by atoms with E-state index in [9.17, 15) is 4.79 Å². The molecule has 116 valence electrons. The summed E-state index contributed by atoms with van der Waals surface area (Å²) in [5.41, 5.74) is 1.38. The zero-order chi connectivity index (χ0) is 14.7. The summed E-state index contributed by atoms with van der Waals surface area (Å²) in [6.45, 7) is 2.40. The molecule has 0 atom stereocenters. The fourth-order valence-corrected chi connectivity index (χ4v) is 5.37. The van der Waals surface area contributed by atoms with E-state index in [0.29, 0.717) is 6.10 Å². The standard InChI is InChI=1S/C15H20BrNO2S2/c16-4-7-19-12-1-5-17(6-2-12)15(18)14-9-11-10-20-8-3-13(11)21-14/h9,12H,1-8,10H2. The predicted octanol–water partition coefficient (Wildman–Crippen LogP) is 3.55. The van der Waals surface area contributed by atoms with Crippen LogP contribution in [-0.2, 0) is 16.9 Å². The topological polar surface area (TPSA) is 29.5 Å². The average Bonchev–Trinajstić information content (AvgIpc) is 2.96. The molecule has 2 aliphatic rings. The molecule has 0 unspecified atom stereocenters. The summed E-state index contributed by atoms with van der Waals surface area (Å²) in [4.78, 5) is 17.0. The average molecular weight is 390 g/mol. The quantitative estimate of drug-likeness (QED) is 0.737. The second-order valence-corrected chi connectivity index (χ2v) is 8.45. The van der Waals surface area contributed by atoms with E-state index in [4.69, 9.17) is 4.74 Å². The van der Waals surface area contributed by atoms with Crippen LogP contribution in [0.2, 0.25) is 0 Å². The van der Waals surface area contributed by atoms with Crippen LogP contribution in [0, 0.1) is 0 Å². The molecular formula is C15H20BrNO2S2. The fraction of sp³-hybridized carbons (Fsp3) is 0.667. The third-order valence-corrected chi connectivity index (χ3v) is 6.56. The van der Waals surface area contributed by atoms with E-state index >= 15 is 0 Å². The smallest absolute Gasteiger partial charge is 0.263 e. The van der Waals surface area contributed by atoms with E-state index < -0.39 is 0 Å². The van der Waals surface area contributed by atoms with Crippen LogP contribution in [0.5, 0.6) is 0 Å². The van der Waals surface area contributed by atoms with Gasteiger partial charge in [-0.3, -0.25) is 4.79 Å². The molecule has 3 rings (SSSR count). The van der Waals surface area contributed by atoms with E-state index in [1.54, 1.807) is 11.3 Å². The minimum absolute atomic E-state index is 0.221. The number of amides is 1. The molecule has 1 aromatic rings. The van der Waals surface area contributed by atoms with Gasteiger partial charge in [0.2, 0.25) is 0 Å². The van der Waals surface area contributed by atoms with Crippen LogP contribution in [-0.4, -0.2) is 47.7 Å². The van der Waals surface area contributed by atoms with Gasteiger partial charge in [0.15, 0.2) is 0 Å². The number of likely N-dealkylation sites (tertiary alicyclic amines) is 1. The maximum absolute atomic E-state index is 12.6. The van der Waals surface area contributed by atoms with Crippen LogP contribution >= 0.6 is 39.0 Å². The number of alkyl halides is 1. The van der Waals surface area contributed by atoms with Crippen LogP contribution in [0.4, 0.5) is 0 Å². The Labute approximate surface area is 142 Å². The minimum atomic E-state index is 0.221. The van der Waals surface area contributed by atoms with Crippen molar-refractivity contribution in [2.75, 3.05) is 30.8 Å². The highest BCUT2D eigenvalue weighted by Crippen LogP contribution is 2.32. The number of ether oxygens (including phenoxy) is 1.